The highest BCUT2D eigenvalue weighted by atomic mass is 32.2. The highest BCUT2D eigenvalue weighted by molar-refractivity contribution is 7.88. The summed E-state index contributed by atoms with van der Waals surface area (Å²) in [5.41, 5.74) is 1.05. The number of amides is 1. The van der Waals surface area contributed by atoms with Gasteiger partial charge >= 0.3 is 0 Å². The van der Waals surface area contributed by atoms with Crippen LogP contribution in [0.2, 0.25) is 0 Å². The lowest BCUT2D eigenvalue weighted by atomic mass is 10.0. The molecule has 1 saturated carbocycles. The molecule has 0 radical (unpaired) electrons. The third-order valence-electron chi connectivity index (χ3n) is 3.60. The van der Waals surface area contributed by atoms with Crippen molar-refractivity contribution in [2.75, 3.05) is 19.9 Å². The second-order valence-corrected chi connectivity index (χ2v) is 7.41. The van der Waals surface area contributed by atoms with Crippen LogP contribution in [0.5, 0.6) is 5.75 Å². The maximum absolute atomic E-state index is 12.0. The maximum Gasteiger partial charge on any atom is 0.221 e. The summed E-state index contributed by atoms with van der Waals surface area (Å²) in [6.45, 7) is 0.116. The van der Waals surface area contributed by atoms with Crippen LogP contribution >= 0.6 is 0 Å². The minimum Gasteiger partial charge on any atom is -0.497 e. The third-order valence-corrected chi connectivity index (χ3v) is 4.33. The van der Waals surface area contributed by atoms with E-state index in [4.69, 9.17) is 4.74 Å². The van der Waals surface area contributed by atoms with Crippen LogP contribution in [-0.2, 0) is 14.8 Å². The van der Waals surface area contributed by atoms with E-state index in [0.29, 0.717) is 5.92 Å². The summed E-state index contributed by atoms with van der Waals surface area (Å²) in [5, 5.41) is 3.00. The van der Waals surface area contributed by atoms with E-state index < -0.39 is 10.0 Å². The summed E-state index contributed by atoms with van der Waals surface area (Å²) in [7, 11) is -1.64. The Kier molecular flexibility index (Phi) is 5.42. The van der Waals surface area contributed by atoms with Gasteiger partial charge in [-0.25, -0.2) is 13.1 Å². The van der Waals surface area contributed by atoms with Gasteiger partial charge in [-0.2, -0.15) is 0 Å². The van der Waals surface area contributed by atoms with Crippen LogP contribution in [0, 0.1) is 5.92 Å². The molecule has 1 aromatic rings. The van der Waals surface area contributed by atoms with Crippen molar-refractivity contribution in [3.63, 3.8) is 0 Å². The third kappa shape index (κ3) is 5.31. The predicted octanol–water partition coefficient (Wildman–Crippen LogP) is 1.20. The fourth-order valence-corrected chi connectivity index (χ4v) is 2.78. The van der Waals surface area contributed by atoms with Gasteiger partial charge in [-0.15, -0.1) is 0 Å². The summed E-state index contributed by atoms with van der Waals surface area (Å²) < 4.78 is 29.4. The molecule has 2 rings (SSSR count). The molecule has 7 heteroatoms. The first-order chi connectivity index (χ1) is 10.4. The summed E-state index contributed by atoms with van der Waals surface area (Å²) in [5.74, 6) is 1.09. The molecule has 0 aromatic heterocycles. The highest BCUT2D eigenvalue weighted by Gasteiger charge is 2.33. The SMILES string of the molecule is COc1ccc([C@@H](NC(=O)CCNS(C)(=O)=O)C2CC2)cc1. The Morgan fingerprint density at radius 2 is 1.95 bits per heavy atom. The van der Waals surface area contributed by atoms with Gasteiger partial charge in [0.25, 0.3) is 0 Å². The van der Waals surface area contributed by atoms with E-state index in [2.05, 4.69) is 10.0 Å². The van der Waals surface area contributed by atoms with Crippen LogP contribution in [0.4, 0.5) is 0 Å². The molecule has 0 aliphatic heterocycles. The van der Waals surface area contributed by atoms with Gasteiger partial charge < -0.3 is 10.1 Å². The van der Waals surface area contributed by atoms with Crippen molar-refractivity contribution in [2.45, 2.75) is 25.3 Å². The van der Waals surface area contributed by atoms with Crippen LogP contribution in [0.15, 0.2) is 24.3 Å². The van der Waals surface area contributed by atoms with Crippen molar-refractivity contribution in [3.05, 3.63) is 29.8 Å². The predicted molar refractivity (Wildman–Crippen MR) is 84.1 cm³/mol. The Balaban J connectivity index is 1.92. The average Bonchev–Trinajstić information content (AvgIpc) is 3.28. The van der Waals surface area contributed by atoms with Crippen molar-refractivity contribution in [1.29, 1.82) is 0 Å². The number of sulfonamides is 1. The van der Waals surface area contributed by atoms with E-state index in [-0.39, 0.29) is 24.9 Å². The van der Waals surface area contributed by atoms with Crippen LogP contribution in [0.25, 0.3) is 0 Å². The molecular formula is C15H22N2O4S. The number of ether oxygens (including phenoxy) is 1. The molecule has 1 amide bonds. The van der Waals surface area contributed by atoms with Gasteiger partial charge in [0.1, 0.15) is 5.75 Å². The zero-order valence-electron chi connectivity index (χ0n) is 12.8. The molecule has 0 unspecified atom stereocenters. The molecule has 22 heavy (non-hydrogen) atoms. The van der Waals surface area contributed by atoms with Gasteiger partial charge in [0, 0.05) is 13.0 Å². The Morgan fingerprint density at radius 3 is 2.45 bits per heavy atom. The summed E-state index contributed by atoms with van der Waals surface area (Å²) in [6, 6.07) is 7.65. The zero-order valence-corrected chi connectivity index (χ0v) is 13.7. The van der Waals surface area contributed by atoms with E-state index in [1.165, 1.54) is 0 Å². The van der Waals surface area contributed by atoms with E-state index in [0.717, 1.165) is 30.4 Å². The monoisotopic (exact) mass is 326 g/mol. The van der Waals surface area contributed by atoms with Crippen LogP contribution in [-0.4, -0.2) is 34.2 Å². The van der Waals surface area contributed by atoms with Crippen LogP contribution in [0.3, 0.4) is 0 Å². The van der Waals surface area contributed by atoms with Gasteiger partial charge in [-0.1, -0.05) is 12.1 Å². The minimum absolute atomic E-state index is 0.0170. The Morgan fingerprint density at radius 1 is 1.32 bits per heavy atom. The summed E-state index contributed by atoms with van der Waals surface area (Å²) >= 11 is 0. The topological polar surface area (TPSA) is 84.5 Å². The summed E-state index contributed by atoms with van der Waals surface area (Å²) in [4.78, 5) is 12.0. The number of hydrogen-bond donors (Lipinski definition) is 2. The average molecular weight is 326 g/mol. The van der Waals surface area contributed by atoms with Crippen LogP contribution in [0.1, 0.15) is 30.9 Å². The number of benzene rings is 1. The van der Waals surface area contributed by atoms with Crippen molar-refractivity contribution in [2.24, 2.45) is 5.92 Å². The van der Waals surface area contributed by atoms with Gasteiger partial charge in [0.05, 0.1) is 19.4 Å². The fourth-order valence-electron chi connectivity index (χ4n) is 2.31. The largest absolute Gasteiger partial charge is 0.497 e. The van der Waals surface area contributed by atoms with Crippen molar-refractivity contribution < 1.29 is 17.9 Å². The summed E-state index contributed by atoms with van der Waals surface area (Å²) in [6.07, 6.45) is 3.40. The number of hydrogen-bond acceptors (Lipinski definition) is 4. The van der Waals surface area contributed by atoms with Gasteiger partial charge in [0.15, 0.2) is 0 Å². The molecule has 1 aliphatic carbocycles. The molecule has 1 aromatic carbocycles. The van der Waals surface area contributed by atoms with Crippen molar-refractivity contribution in [3.8, 4) is 5.75 Å². The Labute approximate surface area is 131 Å². The first-order valence-corrected chi connectivity index (χ1v) is 9.16. The number of methoxy groups -OCH3 is 1. The lowest BCUT2D eigenvalue weighted by molar-refractivity contribution is -0.121. The normalized spacial score (nSPS) is 16.1. The molecule has 6 nitrogen and oxygen atoms in total. The first-order valence-electron chi connectivity index (χ1n) is 7.27. The molecule has 122 valence electrons. The van der Waals surface area contributed by atoms with E-state index >= 15 is 0 Å². The quantitative estimate of drug-likeness (QED) is 0.752. The number of carbonyl (C=O) groups is 1. The molecule has 1 aliphatic rings. The lowest BCUT2D eigenvalue weighted by Crippen LogP contribution is -2.33. The van der Waals surface area contributed by atoms with E-state index in [1.807, 2.05) is 24.3 Å². The van der Waals surface area contributed by atoms with Gasteiger partial charge in [-0.3, -0.25) is 4.79 Å². The molecule has 1 fully saturated rings. The molecule has 1 atom stereocenters. The molecule has 2 N–H and O–H groups in total. The van der Waals surface area contributed by atoms with Crippen molar-refractivity contribution in [1.82, 2.24) is 10.0 Å². The standard InChI is InChI=1S/C15H22N2O4S/c1-21-13-7-5-12(6-8-13)15(11-3-4-11)17-14(18)9-10-16-22(2,19)20/h5-8,11,15-16H,3-4,9-10H2,1-2H3,(H,17,18)/t15-/m0/s1. The number of nitrogens with one attached hydrogen (secondary N) is 2. The molecule has 0 heterocycles. The molecule has 0 bridgehead atoms. The zero-order chi connectivity index (χ0) is 16.2. The highest BCUT2D eigenvalue weighted by Crippen LogP contribution is 2.41. The van der Waals surface area contributed by atoms with E-state index in [1.54, 1.807) is 7.11 Å². The van der Waals surface area contributed by atoms with Crippen molar-refractivity contribution >= 4 is 15.9 Å². The number of carbonyl (C=O) groups excluding carboxylic acids is 1. The second kappa shape index (κ2) is 7.11. The molecule has 0 saturated heterocycles. The van der Waals surface area contributed by atoms with Gasteiger partial charge in [0.2, 0.25) is 15.9 Å². The minimum atomic E-state index is -3.26. The molecular weight excluding hydrogens is 304 g/mol. The first kappa shape index (κ1) is 16.8. The van der Waals surface area contributed by atoms with E-state index in [9.17, 15) is 13.2 Å². The Hall–Kier alpha value is -1.60. The molecule has 0 spiro atoms. The van der Waals surface area contributed by atoms with Crippen LogP contribution < -0.4 is 14.8 Å². The maximum atomic E-state index is 12.0. The van der Waals surface area contributed by atoms with Gasteiger partial charge in [-0.05, 0) is 36.5 Å². The fraction of sp³-hybridized carbons (Fsp3) is 0.533. The smallest absolute Gasteiger partial charge is 0.221 e. The second-order valence-electron chi connectivity index (χ2n) is 5.57. The Bertz CT molecular complexity index is 609. The lowest BCUT2D eigenvalue weighted by Gasteiger charge is -2.19. The number of rotatable bonds is 8.